The van der Waals surface area contributed by atoms with E-state index in [2.05, 4.69) is 18.3 Å². The third-order valence-corrected chi connectivity index (χ3v) is 3.23. The standard InChI is InChI=1S/C16H24N2O2/c1-3-10-18-16(2,13-17)9-12-20-15-7-5-4-6-14(15)8-11-19/h4-7,18-19H,3,8-12H2,1-2H3. The maximum atomic E-state index is 9.25. The Morgan fingerprint density at radius 2 is 2.15 bits per heavy atom. The predicted molar refractivity (Wildman–Crippen MR) is 79.7 cm³/mol. The van der Waals surface area contributed by atoms with Gasteiger partial charge in [-0.2, -0.15) is 5.26 Å². The molecule has 0 radical (unpaired) electrons. The molecule has 20 heavy (non-hydrogen) atoms. The molecule has 1 aromatic carbocycles. The molecule has 1 unspecified atom stereocenters. The van der Waals surface area contributed by atoms with Gasteiger partial charge in [0.05, 0.1) is 12.7 Å². The molecule has 0 heterocycles. The molecule has 1 atom stereocenters. The van der Waals surface area contributed by atoms with E-state index in [1.807, 2.05) is 31.2 Å². The smallest absolute Gasteiger partial charge is 0.122 e. The summed E-state index contributed by atoms with van der Waals surface area (Å²) in [5, 5.41) is 21.5. The molecular formula is C16H24N2O2. The van der Waals surface area contributed by atoms with Crippen LogP contribution < -0.4 is 10.1 Å². The lowest BCUT2D eigenvalue weighted by molar-refractivity contribution is 0.260. The highest BCUT2D eigenvalue weighted by atomic mass is 16.5. The fourth-order valence-corrected chi connectivity index (χ4v) is 1.92. The Hall–Kier alpha value is -1.57. The van der Waals surface area contributed by atoms with Gasteiger partial charge in [0.1, 0.15) is 11.3 Å². The highest BCUT2D eigenvalue weighted by Gasteiger charge is 2.22. The number of rotatable bonds is 9. The van der Waals surface area contributed by atoms with Crippen LogP contribution in [0.1, 0.15) is 32.3 Å². The van der Waals surface area contributed by atoms with Crippen molar-refractivity contribution < 1.29 is 9.84 Å². The molecule has 4 heteroatoms. The minimum atomic E-state index is -0.554. The average molecular weight is 276 g/mol. The van der Waals surface area contributed by atoms with E-state index in [-0.39, 0.29) is 6.61 Å². The van der Waals surface area contributed by atoms with Crippen molar-refractivity contribution in [2.24, 2.45) is 0 Å². The molecule has 0 bridgehead atoms. The fourth-order valence-electron chi connectivity index (χ4n) is 1.92. The van der Waals surface area contributed by atoms with Crippen molar-refractivity contribution in [3.63, 3.8) is 0 Å². The molecule has 0 aliphatic heterocycles. The molecule has 0 aliphatic carbocycles. The summed E-state index contributed by atoms with van der Waals surface area (Å²) < 4.78 is 5.76. The van der Waals surface area contributed by atoms with E-state index in [1.165, 1.54) is 0 Å². The van der Waals surface area contributed by atoms with Crippen molar-refractivity contribution in [1.29, 1.82) is 5.26 Å². The number of hydrogen-bond donors (Lipinski definition) is 2. The van der Waals surface area contributed by atoms with Crippen LogP contribution in [0.3, 0.4) is 0 Å². The van der Waals surface area contributed by atoms with E-state index < -0.39 is 5.54 Å². The van der Waals surface area contributed by atoms with Gasteiger partial charge in [-0.3, -0.25) is 5.32 Å². The van der Waals surface area contributed by atoms with Crippen LogP contribution in [0.15, 0.2) is 24.3 Å². The Labute approximate surface area is 121 Å². The number of para-hydroxylation sites is 1. The average Bonchev–Trinajstić information content (AvgIpc) is 2.47. The number of hydrogen-bond acceptors (Lipinski definition) is 4. The van der Waals surface area contributed by atoms with E-state index in [0.29, 0.717) is 19.4 Å². The molecule has 0 saturated heterocycles. The molecule has 1 aromatic rings. The lowest BCUT2D eigenvalue weighted by Crippen LogP contribution is -2.42. The second kappa shape index (κ2) is 8.57. The minimum absolute atomic E-state index is 0.105. The number of nitrogens with one attached hydrogen (secondary N) is 1. The van der Waals surface area contributed by atoms with E-state index in [4.69, 9.17) is 9.84 Å². The zero-order valence-corrected chi connectivity index (χ0v) is 12.4. The number of aliphatic hydroxyl groups is 1. The second-order valence-corrected chi connectivity index (χ2v) is 5.05. The number of nitriles is 1. The monoisotopic (exact) mass is 276 g/mol. The molecule has 4 nitrogen and oxygen atoms in total. The first-order valence-corrected chi connectivity index (χ1v) is 7.13. The van der Waals surface area contributed by atoms with Crippen LogP contribution >= 0.6 is 0 Å². The third kappa shape index (κ3) is 5.20. The van der Waals surface area contributed by atoms with Crippen molar-refractivity contribution in [3.05, 3.63) is 29.8 Å². The fraction of sp³-hybridized carbons (Fsp3) is 0.562. The summed E-state index contributed by atoms with van der Waals surface area (Å²) in [6.45, 7) is 5.38. The zero-order chi connectivity index (χ0) is 14.8. The van der Waals surface area contributed by atoms with Gasteiger partial charge < -0.3 is 9.84 Å². The van der Waals surface area contributed by atoms with Crippen molar-refractivity contribution in [2.45, 2.75) is 38.6 Å². The molecule has 0 fully saturated rings. The van der Waals surface area contributed by atoms with E-state index >= 15 is 0 Å². The Morgan fingerprint density at radius 3 is 2.80 bits per heavy atom. The first kappa shape index (κ1) is 16.5. The van der Waals surface area contributed by atoms with Gasteiger partial charge >= 0.3 is 0 Å². The Morgan fingerprint density at radius 1 is 1.40 bits per heavy atom. The summed E-state index contributed by atoms with van der Waals surface area (Å²) in [5.41, 5.74) is 0.442. The van der Waals surface area contributed by atoms with Crippen molar-refractivity contribution in [3.8, 4) is 11.8 Å². The Kier molecular flexibility index (Phi) is 7.06. The predicted octanol–water partition coefficient (Wildman–Crippen LogP) is 2.27. The normalized spacial score (nSPS) is 13.5. The van der Waals surface area contributed by atoms with Crippen molar-refractivity contribution >= 4 is 0 Å². The summed E-state index contributed by atoms with van der Waals surface area (Å²) in [6.07, 6.45) is 2.20. The summed E-state index contributed by atoms with van der Waals surface area (Å²) in [7, 11) is 0. The molecular weight excluding hydrogens is 252 g/mol. The van der Waals surface area contributed by atoms with Gasteiger partial charge in [-0.15, -0.1) is 0 Å². The molecule has 0 saturated carbocycles. The van der Waals surface area contributed by atoms with Crippen LogP contribution in [0.25, 0.3) is 0 Å². The second-order valence-electron chi connectivity index (χ2n) is 5.05. The summed E-state index contributed by atoms with van der Waals surface area (Å²) in [6, 6.07) is 10.00. The lowest BCUT2D eigenvalue weighted by Gasteiger charge is -2.23. The maximum absolute atomic E-state index is 9.25. The lowest BCUT2D eigenvalue weighted by atomic mass is 10.0. The zero-order valence-electron chi connectivity index (χ0n) is 12.4. The van der Waals surface area contributed by atoms with Crippen LogP contribution in [-0.2, 0) is 6.42 Å². The summed E-state index contributed by atoms with van der Waals surface area (Å²) in [5.74, 6) is 0.789. The highest BCUT2D eigenvalue weighted by molar-refractivity contribution is 5.33. The SMILES string of the molecule is CCCNC(C)(C#N)CCOc1ccccc1CCO. The van der Waals surface area contributed by atoms with E-state index in [9.17, 15) is 5.26 Å². The largest absolute Gasteiger partial charge is 0.493 e. The van der Waals surface area contributed by atoms with Crippen LogP contribution in [-0.4, -0.2) is 30.4 Å². The van der Waals surface area contributed by atoms with Crippen molar-refractivity contribution in [1.82, 2.24) is 5.32 Å². The third-order valence-electron chi connectivity index (χ3n) is 3.23. The highest BCUT2D eigenvalue weighted by Crippen LogP contribution is 2.19. The van der Waals surface area contributed by atoms with E-state index in [0.717, 1.165) is 24.3 Å². The van der Waals surface area contributed by atoms with Gasteiger partial charge in [0.15, 0.2) is 0 Å². The quantitative estimate of drug-likeness (QED) is 0.726. The van der Waals surface area contributed by atoms with Gasteiger partial charge in [0.2, 0.25) is 0 Å². The maximum Gasteiger partial charge on any atom is 0.122 e. The van der Waals surface area contributed by atoms with Gasteiger partial charge in [0.25, 0.3) is 0 Å². The van der Waals surface area contributed by atoms with Crippen molar-refractivity contribution in [2.75, 3.05) is 19.8 Å². The van der Waals surface area contributed by atoms with Crippen LogP contribution in [0, 0.1) is 11.3 Å². The van der Waals surface area contributed by atoms with Crippen LogP contribution in [0.4, 0.5) is 0 Å². The van der Waals surface area contributed by atoms with Crippen LogP contribution in [0.5, 0.6) is 5.75 Å². The molecule has 1 rings (SSSR count). The van der Waals surface area contributed by atoms with Crippen LogP contribution in [0.2, 0.25) is 0 Å². The summed E-state index contributed by atoms with van der Waals surface area (Å²) >= 11 is 0. The first-order valence-electron chi connectivity index (χ1n) is 7.13. The molecule has 0 aliphatic rings. The molecule has 110 valence electrons. The van der Waals surface area contributed by atoms with Gasteiger partial charge in [-0.25, -0.2) is 0 Å². The molecule has 0 spiro atoms. The number of nitrogens with zero attached hydrogens (tertiary/aromatic N) is 1. The summed E-state index contributed by atoms with van der Waals surface area (Å²) in [4.78, 5) is 0. The molecule has 0 amide bonds. The van der Waals surface area contributed by atoms with Gasteiger partial charge in [-0.05, 0) is 37.9 Å². The number of benzene rings is 1. The Balaban J connectivity index is 2.53. The topological polar surface area (TPSA) is 65.3 Å². The minimum Gasteiger partial charge on any atom is -0.493 e. The van der Waals surface area contributed by atoms with Gasteiger partial charge in [0, 0.05) is 13.0 Å². The number of aliphatic hydroxyl groups excluding tert-OH is 1. The van der Waals surface area contributed by atoms with E-state index in [1.54, 1.807) is 0 Å². The Bertz CT molecular complexity index is 442. The molecule has 2 N–H and O–H groups in total. The first-order chi connectivity index (χ1) is 9.65. The number of ether oxygens (including phenoxy) is 1. The van der Waals surface area contributed by atoms with Gasteiger partial charge in [-0.1, -0.05) is 25.1 Å². The molecule has 0 aromatic heterocycles.